The van der Waals surface area contributed by atoms with Crippen molar-refractivity contribution in [1.82, 2.24) is 10.3 Å². The van der Waals surface area contributed by atoms with Gasteiger partial charge in [0.15, 0.2) is 0 Å². The molecule has 0 saturated heterocycles. The highest BCUT2D eigenvalue weighted by Gasteiger charge is 2.20. The number of nitrogens with one attached hydrogen (secondary N) is 2. The Morgan fingerprint density at radius 3 is 2.41 bits per heavy atom. The molecule has 3 rings (SSSR count). The molecule has 0 bridgehead atoms. The van der Waals surface area contributed by atoms with Crippen molar-refractivity contribution in [2.24, 2.45) is 0 Å². The minimum absolute atomic E-state index is 0.142. The number of amides is 1. The lowest BCUT2D eigenvalue weighted by Gasteiger charge is -2.15. The summed E-state index contributed by atoms with van der Waals surface area (Å²) in [5.41, 5.74) is 2.57. The van der Waals surface area contributed by atoms with Crippen molar-refractivity contribution in [2.45, 2.75) is 25.3 Å². The molecule has 3 N–H and O–H groups in total. The largest absolute Gasteiger partial charge is 0.493 e. The number of nitrogens with zero attached hydrogens (tertiary/aromatic N) is 1. The summed E-state index contributed by atoms with van der Waals surface area (Å²) in [6.07, 6.45) is 1.01. The van der Waals surface area contributed by atoms with E-state index in [0.717, 1.165) is 22.6 Å². The molecule has 0 aliphatic rings. The van der Waals surface area contributed by atoms with E-state index in [4.69, 9.17) is 4.74 Å². The van der Waals surface area contributed by atoms with Crippen molar-refractivity contribution in [3.8, 4) is 5.75 Å². The van der Waals surface area contributed by atoms with Crippen LogP contribution in [0.25, 0.3) is 0 Å². The van der Waals surface area contributed by atoms with Gasteiger partial charge in [0, 0.05) is 25.6 Å². The van der Waals surface area contributed by atoms with E-state index in [1.165, 1.54) is 0 Å². The molecule has 0 spiro atoms. The van der Waals surface area contributed by atoms with Crippen LogP contribution in [0.2, 0.25) is 0 Å². The smallest absolute Gasteiger partial charge is 0.326 e. The first-order valence-electron chi connectivity index (χ1n) is 10.4. The van der Waals surface area contributed by atoms with Crippen LogP contribution in [-0.4, -0.2) is 41.7 Å². The van der Waals surface area contributed by atoms with Gasteiger partial charge < -0.3 is 20.5 Å². The Morgan fingerprint density at radius 1 is 0.969 bits per heavy atom. The third-order valence-corrected chi connectivity index (χ3v) is 4.89. The quantitative estimate of drug-likeness (QED) is 0.430. The molecule has 0 unspecified atom stereocenters. The second-order valence-electron chi connectivity index (χ2n) is 7.33. The maximum atomic E-state index is 12.2. The Bertz CT molecular complexity index is 1020. The number of hydrogen-bond donors (Lipinski definition) is 3. The van der Waals surface area contributed by atoms with Gasteiger partial charge in [-0.05, 0) is 35.4 Å². The van der Waals surface area contributed by atoms with Gasteiger partial charge in [-0.25, -0.2) is 9.78 Å². The Morgan fingerprint density at radius 2 is 1.72 bits per heavy atom. The SMILES string of the molecule is CNc1cccc(CCOc2ccc(C[C@H](NC(=O)Cc3ccccc3)C(=O)O)cc2)n1. The lowest BCUT2D eigenvalue weighted by atomic mass is 10.1. The van der Waals surface area contributed by atoms with Gasteiger partial charge in [-0.2, -0.15) is 0 Å². The predicted molar refractivity (Wildman–Crippen MR) is 123 cm³/mol. The Hall–Kier alpha value is -3.87. The molecule has 7 heteroatoms. The second-order valence-corrected chi connectivity index (χ2v) is 7.33. The number of aliphatic carboxylic acids is 1. The summed E-state index contributed by atoms with van der Waals surface area (Å²) in [6.45, 7) is 0.479. The lowest BCUT2D eigenvalue weighted by molar-refractivity contribution is -0.141. The Labute approximate surface area is 187 Å². The van der Waals surface area contributed by atoms with Crippen LogP contribution >= 0.6 is 0 Å². The maximum Gasteiger partial charge on any atom is 0.326 e. The standard InChI is InChI=1S/C25H27N3O4/c1-26-23-9-5-8-20(27-23)14-15-32-21-12-10-19(11-13-21)16-22(25(30)31)28-24(29)17-18-6-3-2-4-7-18/h2-13,22H,14-17H2,1H3,(H,26,27)(H,28,29)(H,30,31)/t22-/m0/s1. The van der Waals surface area contributed by atoms with E-state index in [-0.39, 0.29) is 18.7 Å². The van der Waals surface area contributed by atoms with Crippen LogP contribution in [0.15, 0.2) is 72.8 Å². The van der Waals surface area contributed by atoms with E-state index in [0.29, 0.717) is 18.8 Å². The average molecular weight is 434 g/mol. The third-order valence-electron chi connectivity index (χ3n) is 4.89. The van der Waals surface area contributed by atoms with Crippen LogP contribution in [0.1, 0.15) is 16.8 Å². The van der Waals surface area contributed by atoms with Crippen molar-refractivity contribution in [1.29, 1.82) is 0 Å². The summed E-state index contributed by atoms with van der Waals surface area (Å²) < 4.78 is 5.78. The first kappa shape index (κ1) is 22.8. The van der Waals surface area contributed by atoms with Crippen LogP contribution in [-0.2, 0) is 28.9 Å². The Kier molecular flexibility index (Phi) is 8.20. The van der Waals surface area contributed by atoms with Gasteiger partial charge in [0.1, 0.15) is 17.6 Å². The number of ether oxygens (including phenoxy) is 1. The van der Waals surface area contributed by atoms with Gasteiger partial charge in [0.05, 0.1) is 13.0 Å². The van der Waals surface area contributed by atoms with Crippen molar-refractivity contribution in [3.63, 3.8) is 0 Å². The summed E-state index contributed by atoms with van der Waals surface area (Å²) >= 11 is 0. The van der Waals surface area contributed by atoms with Crippen LogP contribution in [0.5, 0.6) is 5.75 Å². The predicted octanol–water partition coefficient (Wildman–Crippen LogP) is 3.10. The van der Waals surface area contributed by atoms with Crippen LogP contribution < -0.4 is 15.4 Å². The molecule has 166 valence electrons. The van der Waals surface area contributed by atoms with Gasteiger partial charge in [-0.1, -0.05) is 48.5 Å². The van der Waals surface area contributed by atoms with Crippen LogP contribution in [0, 0.1) is 0 Å². The topological polar surface area (TPSA) is 101 Å². The molecule has 1 aromatic heterocycles. The van der Waals surface area contributed by atoms with Crippen molar-refractivity contribution >= 4 is 17.7 Å². The Balaban J connectivity index is 1.49. The highest BCUT2D eigenvalue weighted by molar-refractivity contribution is 5.85. The average Bonchev–Trinajstić information content (AvgIpc) is 2.80. The van der Waals surface area contributed by atoms with Crippen molar-refractivity contribution in [3.05, 3.63) is 89.6 Å². The molecule has 0 aliphatic heterocycles. The van der Waals surface area contributed by atoms with E-state index >= 15 is 0 Å². The van der Waals surface area contributed by atoms with Gasteiger partial charge >= 0.3 is 5.97 Å². The molecular formula is C25H27N3O4. The first-order valence-corrected chi connectivity index (χ1v) is 10.4. The number of aromatic nitrogens is 1. The number of carbonyl (C=O) groups excluding carboxylic acids is 1. The minimum atomic E-state index is -1.07. The minimum Gasteiger partial charge on any atom is -0.493 e. The zero-order chi connectivity index (χ0) is 22.8. The monoisotopic (exact) mass is 433 g/mol. The fourth-order valence-corrected chi connectivity index (χ4v) is 3.22. The first-order chi connectivity index (χ1) is 15.5. The number of carboxylic acid groups (broad SMARTS) is 1. The van der Waals surface area contributed by atoms with Crippen molar-refractivity contribution < 1.29 is 19.4 Å². The molecule has 0 fully saturated rings. The number of pyridine rings is 1. The summed E-state index contributed by atoms with van der Waals surface area (Å²) in [4.78, 5) is 28.3. The highest BCUT2D eigenvalue weighted by Crippen LogP contribution is 2.15. The number of carboxylic acids is 1. The molecule has 1 amide bonds. The molecule has 7 nitrogen and oxygen atoms in total. The third kappa shape index (κ3) is 7.12. The maximum absolute atomic E-state index is 12.2. The second kappa shape index (κ2) is 11.5. The van der Waals surface area contributed by atoms with Crippen LogP contribution in [0.3, 0.4) is 0 Å². The van der Waals surface area contributed by atoms with E-state index < -0.39 is 12.0 Å². The van der Waals surface area contributed by atoms with Gasteiger partial charge in [-0.3, -0.25) is 4.79 Å². The zero-order valence-electron chi connectivity index (χ0n) is 18.0. The molecule has 1 atom stereocenters. The molecular weight excluding hydrogens is 406 g/mol. The number of rotatable bonds is 11. The zero-order valence-corrected chi connectivity index (χ0v) is 18.0. The van der Waals surface area contributed by atoms with Gasteiger partial charge in [0.25, 0.3) is 0 Å². The number of carbonyl (C=O) groups is 2. The molecule has 2 aromatic carbocycles. The highest BCUT2D eigenvalue weighted by atomic mass is 16.5. The molecule has 0 saturated carbocycles. The number of anilines is 1. The number of benzene rings is 2. The van der Waals surface area contributed by atoms with E-state index in [1.807, 2.05) is 67.7 Å². The van der Waals surface area contributed by atoms with Gasteiger partial charge in [0.2, 0.25) is 5.91 Å². The molecule has 32 heavy (non-hydrogen) atoms. The van der Waals surface area contributed by atoms with E-state index in [1.54, 1.807) is 12.1 Å². The summed E-state index contributed by atoms with van der Waals surface area (Å²) in [5, 5.41) is 15.1. The molecule has 3 aromatic rings. The lowest BCUT2D eigenvalue weighted by Crippen LogP contribution is -2.43. The fourth-order valence-electron chi connectivity index (χ4n) is 3.22. The molecule has 1 heterocycles. The summed E-state index contributed by atoms with van der Waals surface area (Å²) in [7, 11) is 1.83. The van der Waals surface area contributed by atoms with Crippen LogP contribution in [0.4, 0.5) is 5.82 Å². The van der Waals surface area contributed by atoms with E-state index in [2.05, 4.69) is 15.6 Å². The summed E-state index contributed by atoms with van der Waals surface area (Å²) in [5.74, 6) is 0.122. The molecule has 0 radical (unpaired) electrons. The van der Waals surface area contributed by atoms with Crippen molar-refractivity contribution in [2.75, 3.05) is 19.0 Å². The normalized spacial score (nSPS) is 11.4. The molecule has 0 aliphatic carbocycles. The fraction of sp³-hybridized carbons (Fsp3) is 0.240. The van der Waals surface area contributed by atoms with E-state index in [9.17, 15) is 14.7 Å². The van der Waals surface area contributed by atoms with Gasteiger partial charge in [-0.15, -0.1) is 0 Å². The summed E-state index contributed by atoms with van der Waals surface area (Å²) in [6, 6.07) is 21.3. The number of hydrogen-bond acceptors (Lipinski definition) is 5.